The number of likely N-dealkylation sites (tertiary alicyclic amines) is 1. The molecule has 0 aromatic heterocycles. The van der Waals surface area contributed by atoms with E-state index < -0.39 is 102 Å². The fourth-order valence-electron chi connectivity index (χ4n) is 8.25. The van der Waals surface area contributed by atoms with Gasteiger partial charge in [0.05, 0.1) is 6.04 Å². The van der Waals surface area contributed by atoms with Gasteiger partial charge in [-0.2, -0.15) is 0 Å². The van der Waals surface area contributed by atoms with E-state index in [2.05, 4.69) is 36.9 Å². The molecule has 1 heterocycles. The number of phenols is 1. The van der Waals surface area contributed by atoms with E-state index in [0.29, 0.717) is 63.6 Å². The van der Waals surface area contributed by atoms with Gasteiger partial charge in [0.2, 0.25) is 41.4 Å². The maximum Gasteiger partial charge on any atom is 0.326 e. The van der Waals surface area contributed by atoms with Gasteiger partial charge in [-0.1, -0.05) is 66.5 Å². The lowest BCUT2D eigenvalue weighted by atomic mass is 9.96. The van der Waals surface area contributed by atoms with Gasteiger partial charge in [0, 0.05) is 19.5 Å². The molecule has 0 spiro atoms. The average Bonchev–Trinajstić information content (AvgIpc) is 3.82. The van der Waals surface area contributed by atoms with Crippen LogP contribution in [0.1, 0.15) is 124 Å². The summed E-state index contributed by atoms with van der Waals surface area (Å²) in [6, 6.07) is -3.13. The number of amides is 7. The highest BCUT2D eigenvalue weighted by Crippen LogP contribution is 2.22. The van der Waals surface area contributed by atoms with Crippen molar-refractivity contribution in [1.29, 1.82) is 0 Å². The highest BCUT2D eigenvalue weighted by atomic mass is 16.4. The second-order valence-electron chi connectivity index (χ2n) is 19.5. The topological polar surface area (TPSA) is 395 Å². The number of phenolic OH excluding ortho intramolecular Hbond substituents is 1. The van der Waals surface area contributed by atoms with Gasteiger partial charge >= 0.3 is 5.97 Å². The van der Waals surface area contributed by atoms with E-state index in [4.69, 9.17) is 28.7 Å². The number of hydrogen-bond acceptors (Lipinski definition) is 13. The van der Waals surface area contributed by atoms with Crippen molar-refractivity contribution in [3.05, 3.63) is 29.8 Å². The lowest BCUT2D eigenvalue weighted by molar-refractivity contribution is -0.145. The predicted molar refractivity (Wildman–Crippen MR) is 273 cm³/mol. The number of rotatable bonds is 33. The molecule has 406 valence electrons. The SMILES string of the molecule is CC[C@H](C)[C@H](NC(=O)[C@@H](N)CCCCN)C(=O)N[C@@H](CCCCN)C(=O)N[C@H](C(=O)N[C@@H](Cc1ccc(O)cc1)C(=O)N[C@@H](CC(C)C)C(=O)N1CCC[C@H]1C(=O)N[C@@H](CCCN=C(N)N)C(=O)O)C(C)C. The molecule has 1 saturated heterocycles. The lowest BCUT2D eigenvalue weighted by Crippen LogP contribution is -2.61. The quantitative estimate of drug-likeness (QED) is 0.0235. The standard InChI is InChI=1S/C49H85N13O10/c1-7-30(6)40(61-41(64)33(52)14-8-10-22-50)46(69)56-34(15-9-11-23-51)42(65)60-39(29(4)5)45(68)58-36(27-31-18-20-32(63)21-19-31)43(66)59-37(26-28(2)3)47(70)62-25-13-17-38(62)44(67)57-35(48(71)72)16-12-24-55-49(53)54/h18-21,28-30,33-40,63H,7-17,22-27,50-52H2,1-6H3,(H,56,69)(H,57,67)(H,58,68)(H,59,66)(H,60,65)(H,61,64)(H,71,72)(H4,53,54,55)/t30-,33-,34-,35-,36-,37-,38-,39-,40-/m0/s1. The highest BCUT2D eigenvalue weighted by molar-refractivity contribution is 5.98. The van der Waals surface area contributed by atoms with Crippen LogP contribution in [0.15, 0.2) is 29.3 Å². The number of carbonyl (C=O) groups is 8. The van der Waals surface area contributed by atoms with Gasteiger partial charge in [-0.3, -0.25) is 38.6 Å². The molecule has 9 atom stereocenters. The molecule has 72 heavy (non-hydrogen) atoms. The Balaban J connectivity index is 2.42. The summed E-state index contributed by atoms with van der Waals surface area (Å²) < 4.78 is 0. The van der Waals surface area contributed by atoms with Crippen LogP contribution in [0.5, 0.6) is 5.75 Å². The molecule has 0 bridgehead atoms. The number of guanidine groups is 1. The maximum absolute atomic E-state index is 14.5. The fraction of sp³-hybridized carbons (Fsp3) is 0.694. The van der Waals surface area contributed by atoms with E-state index in [0.717, 1.165) is 0 Å². The molecule has 1 aliphatic rings. The summed E-state index contributed by atoms with van der Waals surface area (Å²) in [4.78, 5) is 115. The first-order valence-electron chi connectivity index (χ1n) is 25.4. The third kappa shape index (κ3) is 21.3. The number of hydrogen-bond donors (Lipinski definition) is 13. The Morgan fingerprint density at radius 1 is 0.694 bits per heavy atom. The van der Waals surface area contributed by atoms with E-state index >= 15 is 0 Å². The van der Waals surface area contributed by atoms with Crippen molar-refractivity contribution in [3.63, 3.8) is 0 Å². The summed E-state index contributed by atoms with van der Waals surface area (Å²) in [7, 11) is 0. The van der Waals surface area contributed by atoms with Crippen LogP contribution in [0.3, 0.4) is 0 Å². The number of aliphatic carboxylic acids is 1. The molecule has 1 fully saturated rings. The summed E-state index contributed by atoms with van der Waals surface area (Å²) in [5.41, 5.74) is 28.8. The molecule has 23 heteroatoms. The fourth-order valence-corrected chi connectivity index (χ4v) is 8.25. The molecule has 0 saturated carbocycles. The van der Waals surface area contributed by atoms with Crippen LogP contribution in [0.25, 0.3) is 0 Å². The largest absolute Gasteiger partial charge is 0.508 e. The molecule has 1 aromatic rings. The Morgan fingerprint density at radius 3 is 1.82 bits per heavy atom. The minimum absolute atomic E-state index is 0.0262. The normalized spacial score (nSPS) is 16.8. The van der Waals surface area contributed by atoms with E-state index in [1.807, 2.05) is 20.8 Å². The van der Waals surface area contributed by atoms with Gasteiger partial charge in [0.15, 0.2) is 5.96 Å². The third-order valence-electron chi connectivity index (χ3n) is 12.7. The van der Waals surface area contributed by atoms with Gasteiger partial charge in [-0.05, 0) is 113 Å². The van der Waals surface area contributed by atoms with Crippen LogP contribution in [0.2, 0.25) is 0 Å². The summed E-state index contributed by atoms with van der Waals surface area (Å²) in [5, 5.41) is 36.3. The van der Waals surface area contributed by atoms with Crippen LogP contribution in [0, 0.1) is 17.8 Å². The monoisotopic (exact) mass is 1020 g/mol. The number of carboxylic acids is 1. The number of carboxylic acid groups (broad SMARTS) is 1. The van der Waals surface area contributed by atoms with E-state index in [9.17, 15) is 48.6 Å². The number of unbranched alkanes of at least 4 members (excludes halogenated alkanes) is 2. The number of carbonyl (C=O) groups excluding carboxylic acids is 7. The Morgan fingerprint density at radius 2 is 1.25 bits per heavy atom. The number of aliphatic imine (C=N–C) groups is 1. The first-order chi connectivity index (χ1) is 34.0. The maximum atomic E-state index is 14.5. The Hall–Kier alpha value is -6.07. The van der Waals surface area contributed by atoms with Crippen molar-refractivity contribution in [1.82, 2.24) is 36.8 Å². The van der Waals surface area contributed by atoms with Gasteiger partial charge in [0.1, 0.15) is 48.0 Å². The zero-order valence-electron chi connectivity index (χ0n) is 43.1. The second-order valence-corrected chi connectivity index (χ2v) is 19.5. The molecule has 7 amide bonds. The number of nitrogens with zero attached hydrogens (tertiary/aromatic N) is 2. The van der Waals surface area contributed by atoms with Crippen LogP contribution in [0.4, 0.5) is 0 Å². The van der Waals surface area contributed by atoms with Crippen molar-refractivity contribution in [2.45, 2.75) is 173 Å². The molecular formula is C49H85N13O10. The Labute approximate surface area is 424 Å². The zero-order valence-corrected chi connectivity index (χ0v) is 43.1. The molecule has 0 radical (unpaired) electrons. The number of nitrogens with two attached hydrogens (primary N) is 5. The van der Waals surface area contributed by atoms with Crippen molar-refractivity contribution >= 4 is 53.3 Å². The molecule has 1 aliphatic heterocycles. The van der Waals surface area contributed by atoms with Gasteiger partial charge in [-0.15, -0.1) is 0 Å². The van der Waals surface area contributed by atoms with Crippen LogP contribution in [-0.2, 0) is 44.8 Å². The van der Waals surface area contributed by atoms with Crippen molar-refractivity contribution in [2.24, 2.45) is 51.4 Å². The first-order valence-corrected chi connectivity index (χ1v) is 25.4. The third-order valence-corrected chi connectivity index (χ3v) is 12.7. The Bertz CT molecular complexity index is 1950. The summed E-state index contributed by atoms with van der Waals surface area (Å²) in [6.07, 6.45) is 4.34. The molecule has 0 aliphatic carbocycles. The van der Waals surface area contributed by atoms with E-state index in [1.165, 1.54) is 17.0 Å². The molecule has 18 N–H and O–H groups in total. The highest BCUT2D eigenvalue weighted by Gasteiger charge is 2.40. The van der Waals surface area contributed by atoms with Gasteiger partial charge in [-0.25, -0.2) is 4.79 Å². The van der Waals surface area contributed by atoms with E-state index in [-0.39, 0.29) is 75.2 Å². The van der Waals surface area contributed by atoms with Crippen molar-refractivity contribution < 1.29 is 48.6 Å². The molecule has 0 unspecified atom stereocenters. The minimum Gasteiger partial charge on any atom is -0.508 e. The smallest absolute Gasteiger partial charge is 0.326 e. The summed E-state index contributed by atoms with van der Waals surface area (Å²) >= 11 is 0. The number of benzene rings is 1. The summed E-state index contributed by atoms with van der Waals surface area (Å²) in [5.74, 6) is -7.02. The van der Waals surface area contributed by atoms with Gasteiger partial charge in [0.25, 0.3) is 0 Å². The number of aromatic hydroxyl groups is 1. The van der Waals surface area contributed by atoms with Crippen LogP contribution < -0.4 is 60.6 Å². The molecule has 1 aromatic carbocycles. The first kappa shape index (κ1) is 62.0. The summed E-state index contributed by atoms with van der Waals surface area (Å²) in [6.45, 7) is 11.8. The average molecular weight is 1020 g/mol. The predicted octanol–water partition coefficient (Wildman–Crippen LogP) is -0.694. The molecule has 2 rings (SSSR count). The minimum atomic E-state index is -1.34. The second kappa shape index (κ2) is 32.1. The van der Waals surface area contributed by atoms with Crippen molar-refractivity contribution in [2.75, 3.05) is 26.2 Å². The molecule has 23 nitrogen and oxygen atoms in total. The number of nitrogens with one attached hydrogen (secondary N) is 6. The van der Waals surface area contributed by atoms with Crippen LogP contribution in [-0.4, -0.2) is 143 Å². The van der Waals surface area contributed by atoms with Crippen molar-refractivity contribution in [3.8, 4) is 5.75 Å². The van der Waals surface area contributed by atoms with Gasteiger partial charge < -0.3 is 75.7 Å². The van der Waals surface area contributed by atoms with E-state index in [1.54, 1.807) is 32.9 Å². The lowest BCUT2D eigenvalue weighted by Gasteiger charge is -2.32. The Kier molecular flexibility index (Phi) is 27.7. The molecular weight excluding hydrogens is 931 g/mol. The zero-order chi connectivity index (χ0) is 54.1. The van der Waals surface area contributed by atoms with Crippen LogP contribution >= 0.6 is 0 Å².